The number of hydrogen-bond acceptors (Lipinski definition) is 13. The highest BCUT2D eigenvalue weighted by atomic mass is 32.5. The van der Waals surface area contributed by atoms with Crippen molar-refractivity contribution in [3.8, 4) is 22.5 Å². The largest absolute Gasteiger partial charge is 0.780 e. The van der Waals surface area contributed by atoms with Crippen molar-refractivity contribution in [2.75, 3.05) is 91.6 Å². The SMILES string of the molecule is COP([O-])(=S)OCCCCCCNC(=O)CCC(=O)N1Cc2ccccc2-c2c(nnn2CCOCCOCCOCCOCCC(=O)N(C)CCC=C2c3ccccc3CCc3ccccc32)-c2ccccc21. The Kier molecular flexibility index (Phi) is 22.5. The Bertz CT molecular complexity index is 2650. The lowest BCUT2D eigenvalue weighted by Crippen LogP contribution is -2.33. The van der Waals surface area contributed by atoms with Crippen molar-refractivity contribution in [2.45, 2.75) is 77.3 Å². The van der Waals surface area contributed by atoms with Gasteiger partial charge in [0.2, 0.25) is 17.7 Å². The van der Waals surface area contributed by atoms with Crippen molar-refractivity contribution in [3.05, 3.63) is 131 Å². The van der Waals surface area contributed by atoms with Gasteiger partial charge in [-0.2, -0.15) is 0 Å². The minimum absolute atomic E-state index is 0.0411. The monoisotopic (exact) mass is 1050 g/mol. The van der Waals surface area contributed by atoms with Crippen LogP contribution in [-0.2, 0) is 80.1 Å². The Balaban J connectivity index is 0.762. The first-order chi connectivity index (χ1) is 36.1. The lowest BCUT2D eigenvalue weighted by Gasteiger charge is -2.28. The van der Waals surface area contributed by atoms with Crippen LogP contribution in [-0.4, -0.2) is 124 Å². The summed E-state index contributed by atoms with van der Waals surface area (Å²) < 4.78 is 34.6. The van der Waals surface area contributed by atoms with Gasteiger partial charge in [0.25, 0.3) is 0 Å². The van der Waals surface area contributed by atoms with Crippen LogP contribution in [0, 0.1) is 0 Å². The smallest absolute Gasteiger partial charge is 0.227 e. The van der Waals surface area contributed by atoms with Gasteiger partial charge in [-0.15, -0.1) is 5.10 Å². The second kappa shape index (κ2) is 29.6. The average Bonchev–Trinajstić information content (AvgIpc) is 3.76. The molecule has 1 atom stereocenters. The van der Waals surface area contributed by atoms with Gasteiger partial charge in [0.1, 0.15) is 12.4 Å². The molecular formula is C56H70N6O10PS-. The molecule has 5 aromatic rings. The summed E-state index contributed by atoms with van der Waals surface area (Å²) in [6.07, 6.45) is 8.65. The predicted molar refractivity (Wildman–Crippen MR) is 288 cm³/mol. The zero-order valence-corrected chi connectivity index (χ0v) is 44.5. The number of para-hydroxylation sites is 1. The van der Waals surface area contributed by atoms with Crippen LogP contribution < -0.4 is 15.1 Å². The normalized spacial score (nSPS) is 13.5. The van der Waals surface area contributed by atoms with Crippen LogP contribution in [0.2, 0.25) is 0 Å². The zero-order valence-electron chi connectivity index (χ0n) is 42.8. The molecule has 2 aliphatic rings. The minimum atomic E-state index is -3.38. The number of unbranched alkanes of at least 4 members (excludes halogenated alkanes) is 3. The minimum Gasteiger partial charge on any atom is -0.780 e. The van der Waals surface area contributed by atoms with Crippen molar-refractivity contribution < 1.29 is 47.3 Å². The molecule has 1 aliphatic carbocycles. The van der Waals surface area contributed by atoms with E-state index < -0.39 is 6.72 Å². The lowest BCUT2D eigenvalue weighted by molar-refractivity contribution is -0.204. The van der Waals surface area contributed by atoms with Crippen molar-refractivity contribution in [1.29, 1.82) is 0 Å². The van der Waals surface area contributed by atoms with Crippen LogP contribution in [0.3, 0.4) is 0 Å². The number of aryl methyl sites for hydroxylation is 2. The fraction of sp³-hybridized carbons (Fsp3) is 0.446. The summed E-state index contributed by atoms with van der Waals surface area (Å²) >= 11 is 4.72. The highest BCUT2D eigenvalue weighted by Crippen LogP contribution is 2.41. The van der Waals surface area contributed by atoms with Gasteiger partial charge in [-0.25, -0.2) is 4.68 Å². The second-order valence-electron chi connectivity index (χ2n) is 18.1. The number of amides is 3. The van der Waals surface area contributed by atoms with E-state index in [4.69, 9.17) is 35.3 Å². The van der Waals surface area contributed by atoms with Crippen LogP contribution in [0.4, 0.5) is 5.69 Å². The van der Waals surface area contributed by atoms with Crippen molar-refractivity contribution in [1.82, 2.24) is 25.2 Å². The van der Waals surface area contributed by atoms with Gasteiger partial charge in [0.05, 0.1) is 90.4 Å². The molecule has 0 bridgehead atoms. The third-order valence-electron chi connectivity index (χ3n) is 13.1. The molecule has 0 saturated heterocycles. The molecule has 74 heavy (non-hydrogen) atoms. The van der Waals surface area contributed by atoms with E-state index in [9.17, 15) is 19.3 Å². The Hall–Kier alpha value is -5.46. The Morgan fingerprint density at radius 3 is 1.96 bits per heavy atom. The number of rotatable bonds is 30. The third kappa shape index (κ3) is 16.5. The highest BCUT2D eigenvalue weighted by Gasteiger charge is 2.29. The number of fused-ring (bicyclic) bond motifs is 7. The van der Waals surface area contributed by atoms with E-state index in [0.717, 1.165) is 60.9 Å². The van der Waals surface area contributed by atoms with E-state index in [-0.39, 0.29) is 37.2 Å². The summed E-state index contributed by atoms with van der Waals surface area (Å²) in [5.41, 5.74) is 11.4. The Morgan fingerprint density at radius 1 is 0.703 bits per heavy atom. The number of aromatic nitrogens is 3. The van der Waals surface area contributed by atoms with Crippen molar-refractivity contribution >= 4 is 47.5 Å². The molecule has 1 N–H and O–H groups in total. The van der Waals surface area contributed by atoms with Gasteiger partial charge in [-0.1, -0.05) is 127 Å². The number of benzene rings is 4. The number of carbonyl (C=O) groups excluding carboxylic acids is 3. The van der Waals surface area contributed by atoms with Crippen molar-refractivity contribution in [3.63, 3.8) is 0 Å². The number of ether oxygens (including phenoxy) is 4. The van der Waals surface area contributed by atoms with Crippen LogP contribution in [0.5, 0.6) is 0 Å². The molecule has 396 valence electrons. The van der Waals surface area contributed by atoms with E-state index in [2.05, 4.69) is 74.8 Å². The maximum Gasteiger partial charge on any atom is 0.227 e. The summed E-state index contributed by atoms with van der Waals surface area (Å²) in [5.74, 6) is -0.299. The zero-order chi connectivity index (χ0) is 52.0. The van der Waals surface area contributed by atoms with Gasteiger partial charge in [-0.3, -0.25) is 14.4 Å². The first kappa shape index (κ1) is 56.3. The van der Waals surface area contributed by atoms with Gasteiger partial charge < -0.3 is 48.0 Å². The number of nitrogens with one attached hydrogen (secondary N) is 1. The van der Waals surface area contributed by atoms with E-state index in [1.54, 1.807) is 9.80 Å². The standard InChI is InChI=1S/C56H71N6O10PS/c1-60(31-15-23-49-46-19-8-5-16-43(46)25-26-44-17-6-9-20-47(44)49)53(64)29-34-68-36-38-70-40-41-71-39-37-69-35-32-62-56-48-21-10-7-18-45(48)42-61(51-24-12-11-22-50(51)55(56)58-59-62)54(65)28-27-52(63)57-30-13-3-4-14-33-72-73(66,74)67-2/h5-12,16-24H,3-4,13-15,25-42H2,1-2H3,(H,57,63)(H,66,74)/p-1. The summed E-state index contributed by atoms with van der Waals surface area (Å²) in [7, 11) is 3.12. The van der Waals surface area contributed by atoms with Gasteiger partial charge in [-0.05, 0) is 71.6 Å². The molecule has 16 nitrogen and oxygen atoms in total. The van der Waals surface area contributed by atoms with Crippen LogP contribution in [0.15, 0.2) is 103 Å². The van der Waals surface area contributed by atoms with Gasteiger partial charge >= 0.3 is 0 Å². The van der Waals surface area contributed by atoms with Crippen LogP contribution in [0.1, 0.15) is 79.2 Å². The van der Waals surface area contributed by atoms with E-state index >= 15 is 0 Å². The molecule has 7 rings (SSSR count). The van der Waals surface area contributed by atoms with Crippen molar-refractivity contribution in [2.24, 2.45) is 0 Å². The van der Waals surface area contributed by atoms with E-state index in [1.165, 1.54) is 34.9 Å². The van der Waals surface area contributed by atoms with E-state index in [0.29, 0.717) is 103 Å². The number of hydrogen-bond donors (Lipinski definition) is 1. The maximum absolute atomic E-state index is 13.9. The predicted octanol–water partition coefficient (Wildman–Crippen LogP) is 7.70. The van der Waals surface area contributed by atoms with Gasteiger partial charge in [0.15, 0.2) is 0 Å². The van der Waals surface area contributed by atoms with Crippen LogP contribution in [0.25, 0.3) is 28.1 Å². The number of anilines is 1. The summed E-state index contributed by atoms with van der Waals surface area (Å²) in [6, 6.07) is 32.9. The van der Waals surface area contributed by atoms with E-state index in [1.807, 2.05) is 60.3 Å². The third-order valence-corrected chi connectivity index (χ3v) is 14.8. The molecule has 18 heteroatoms. The highest BCUT2D eigenvalue weighted by molar-refractivity contribution is 8.06. The molecule has 0 saturated carbocycles. The molecular weight excluding hydrogens is 980 g/mol. The number of nitrogens with zero attached hydrogens (tertiary/aromatic N) is 5. The lowest BCUT2D eigenvalue weighted by atomic mass is 9.93. The molecule has 1 aromatic heterocycles. The molecule has 4 aromatic carbocycles. The second-order valence-corrected chi connectivity index (χ2v) is 21.0. The molecule has 1 unspecified atom stereocenters. The molecule has 0 spiro atoms. The Labute approximate surface area is 440 Å². The maximum atomic E-state index is 13.9. The topological polar surface area (TPSA) is 179 Å². The quantitative estimate of drug-likeness (QED) is 0.0350. The number of carbonyl (C=O) groups is 3. The fourth-order valence-corrected chi connectivity index (χ4v) is 9.78. The molecule has 0 fully saturated rings. The average molecular weight is 1050 g/mol. The van der Waals surface area contributed by atoms with Gasteiger partial charge in [0, 0.05) is 51.2 Å². The van der Waals surface area contributed by atoms with Crippen LogP contribution >= 0.6 is 6.72 Å². The molecule has 2 heterocycles. The summed E-state index contributed by atoms with van der Waals surface area (Å²) in [6.45, 7) is 1.92. The first-order valence-electron chi connectivity index (χ1n) is 25.7. The molecule has 0 radical (unpaired) electrons. The first-order valence-corrected chi connectivity index (χ1v) is 28.3. The molecule has 3 amide bonds. The summed E-state index contributed by atoms with van der Waals surface area (Å²) in [4.78, 5) is 54.7. The summed E-state index contributed by atoms with van der Waals surface area (Å²) in [5, 5.41) is 12.1. The molecule has 1 aliphatic heterocycles. The Morgan fingerprint density at radius 2 is 1.28 bits per heavy atom. The fourth-order valence-electron chi connectivity index (χ4n) is 9.10.